The van der Waals surface area contributed by atoms with Crippen molar-refractivity contribution in [2.24, 2.45) is 0 Å². The van der Waals surface area contributed by atoms with Crippen LogP contribution in [0.15, 0.2) is 48.5 Å². The van der Waals surface area contributed by atoms with Crippen LogP contribution in [0, 0.1) is 0 Å². The molecule has 1 atom stereocenters. The van der Waals surface area contributed by atoms with Crippen molar-refractivity contribution in [3.63, 3.8) is 0 Å². The molecule has 246 valence electrons. The Morgan fingerprint density at radius 1 is 0.889 bits per heavy atom. The average molecular weight is 645 g/mol. The first-order valence-corrected chi connectivity index (χ1v) is 14.1. The van der Waals surface area contributed by atoms with Crippen LogP contribution in [0.4, 0.5) is 26.3 Å². The third-order valence-corrected chi connectivity index (χ3v) is 8.07. The molecule has 3 rings (SSSR count). The van der Waals surface area contributed by atoms with Gasteiger partial charge in [0.25, 0.3) is 0 Å². The molecule has 1 aliphatic carbocycles. The highest BCUT2D eigenvalue weighted by Gasteiger charge is 2.42. The third-order valence-electron chi connectivity index (χ3n) is 8.07. The summed E-state index contributed by atoms with van der Waals surface area (Å²) >= 11 is 0. The molecule has 0 spiro atoms. The van der Waals surface area contributed by atoms with Gasteiger partial charge in [-0.1, -0.05) is 30.3 Å². The Kier molecular flexibility index (Phi) is 11.3. The van der Waals surface area contributed by atoms with Crippen LogP contribution in [0.5, 0.6) is 0 Å². The molecular weight excluding hydrogens is 610 g/mol. The summed E-state index contributed by atoms with van der Waals surface area (Å²) in [5.74, 6) is -4.06. The molecule has 1 aliphatic rings. The standard InChI is InChI=1S/C31H34F6N2O6/c1-19(20-15-22(30(32,33)34)17-23(16-20)31(35,36)37)28(43)38-29(21-7-5-4-6-8-21)12-9-24(10-13-29)39(14-11-26(41)44-2)25(40)18-27(42)45-3/h4-8,15-17,19,24H,9-14,18H2,1-3H3,(H,38,43). The predicted octanol–water partition coefficient (Wildman–Crippen LogP) is 5.74. The molecule has 0 bridgehead atoms. The van der Waals surface area contributed by atoms with E-state index in [0.717, 1.165) is 7.11 Å². The van der Waals surface area contributed by atoms with Gasteiger partial charge in [-0.05, 0) is 61.9 Å². The van der Waals surface area contributed by atoms with Crippen LogP contribution in [-0.2, 0) is 46.5 Å². The highest BCUT2D eigenvalue weighted by Crippen LogP contribution is 2.41. The van der Waals surface area contributed by atoms with E-state index < -0.39 is 76.7 Å². The van der Waals surface area contributed by atoms with Gasteiger partial charge < -0.3 is 19.7 Å². The molecule has 2 aromatic carbocycles. The minimum atomic E-state index is -5.07. The van der Waals surface area contributed by atoms with E-state index in [4.69, 9.17) is 0 Å². The van der Waals surface area contributed by atoms with Gasteiger partial charge >= 0.3 is 24.3 Å². The molecule has 45 heavy (non-hydrogen) atoms. The van der Waals surface area contributed by atoms with Gasteiger partial charge in [0.15, 0.2) is 0 Å². The maximum atomic E-state index is 13.6. The first-order chi connectivity index (χ1) is 21.0. The molecular formula is C31H34F6N2O6. The Labute approximate surface area is 256 Å². The molecule has 0 heterocycles. The molecule has 1 unspecified atom stereocenters. The number of hydrogen-bond donors (Lipinski definition) is 1. The van der Waals surface area contributed by atoms with Gasteiger partial charge in [0.05, 0.1) is 43.2 Å². The van der Waals surface area contributed by atoms with Crippen LogP contribution >= 0.6 is 0 Å². The van der Waals surface area contributed by atoms with E-state index in [0.29, 0.717) is 30.5 Å². The van der Waals surface area contributed by atoms with Gasteiger partial charge in [-0.25, -0.2) is 0 Å². The zero-order chi connectivity index (χ0) is 33.6. The smallest absolute Gasteiger partial charge is 0.416 e. The molecule has 0 aromatic heterocycles. The van der Waals surface area contributed by atoms with Crippen molar-refractivity contribution in [3.8, 4) is 0 Å². The second-order valence-corrected chi connectivity index (χ2v) is 10.9. The van der Waals surface area contributed by atoms with Gasteiger partial charge in [0.2, 0.25) is 11.8 Å². The van der Waals surface area contributed by atoms with Crippen LogP contribution in [0.1, 0.15) is 73.6 Å². The number of carbonyl (C=O) groups excluding carboxylic acids is 4. The number of amides is 2. The van der Waals surface area contributed by atoms with Gasteiger partial charge in [-0.3, -0.25) is 19.2 Å². The van der Waals surface area contributed by atoms with Gasteiger partial charge in [-0.15, -0.1) is 0 Å². The summed E-state index contributed by atoms with van der Waals surface area (Å²) in [5, 5.41) is 2.90. The number of ether oxygens (including phenoxy) is 2. The Hall–Kier alpha value is -4.10. The van der Waals surface area contributed by atoms with E-state index in [1.165, 1.54) is 18.9 Å². The molecule has 2 aromatic rings. The third kappa shape index (κ3) is 8.98. The van der Waals surface area contributed by atoms with Crippen molar-refractivity contribution in [2.75, 3.05) is 20.8 Å². The van der Waals surface area contributed by atoms with E-state index in [2.05, 4.69) is 14.8 Å². The molecule has 8 nitrogen and oxygen atoms in total. The highest BCUT2D eigenvalue weighted by atomic mass is 19.4. The van der Waals surface area contributed by atoms with E-state index in [-0.39, 0.29) is 31.9 Å². The number of rotatable bonds is 10. The van der Waals surface area contributed by atoms with Crippen LogP contribution in [-0.4, -0.2) is 55.5 Å². The molecule has 0 saturated heterocycles. The van der Waals surface area contributed by atoms with Crippen molar-refractivity contribution in [1.29, 1.82) is 0 Å². The number of hydrogen-bond acceptors (Lipinski definition) is 6. The number of carbonyl (C=O) groups is 4. The molecule has 0 radical (unpaired) electrons. The van der Waals surface area contributed by atoms with Crippen molar-refractivity contribution in [2.45, 2.75) is 75.3 Å². The summed E-state index contributed by atoms with van der Waals surface area (Å²) in [5.41, 5.74) is -3.90. The average Bonchev–Trinajstić information content (AvgIpc) is 3.00. The Bertz CT molecular complexity index is 1340. The molecule has 2 amide bonds. The first kappa shape index (κ1) is 35.4. The summed E-state index contributed by atoms with van der Waals surface area (Å²) in [6.07, 6.45) is -9.77. The lowest BCUT2D eigenvalue weighted by molar-refractivity contribution is -0.149. The Morgan fingerprint density at radius 3 is 1.91 bits per heavy atom. The lowest BCUT2D eigenvalue weighted by Gasteiger charge is -2.45. The zero-order valence-electron chi connectivity index (χ0n) is 24.9. The van der Waals surface area contributed by atoms with Crippen LogP contribution < -0.4 is 5.32 Å². The van der Waals surface area contributed by atoms with Gasteiger partial charge in [0.1, 0.15) is 6.42 Å². The zero-order valence-corrected chi connectivity index (χ0v) is 24.9. The van der Waals surface area contributed by atoms with Gasteiger partial charge in [-0.2, -0.15) is 26.3 Å². The number of benzene rings is 2. The SMILES string of the molecule is COC(=O)CCN(C(=O)CC(=O)OC)C1CCC(NC(=O)C(C)c2cc(C(F)(F)F)cc(C(F)(F)F)c2)(c2ccccc2)CC1. The molecule has 1 saturated carbocycles. The number of esters is 2. The fraction of sp³-hybridized carbons (Fsp3) is 0.484. The molecule has 0 aliphatic heterocycles. The van der Waals surface area contributed by atoms with E-state index in [9.17, 15) is 45.5 Å². The fourth-order valence-corrected chi connectivity index (χ4v) is 5.50. The topological polar surface area (TPSA) is 102 Å². The van der Waals surface area contributed by atoms with E-state index in [1.54, 1.807) is 30.3 Å². The number of halogens is 6. The highest BCUT2D eigenvalue weighted by molar-refractivity contribution is 5.94. The number of nitrogens with one attached hydrogen (secondary N) is 1. The van der Waals surface area contributed by atoms with E-state index >= 15 is 0 Å². The maximum absolute atomic E-state index is 13.6. The molecule has 1 N–H and O–H groups in total. The number of alkyl halides is 6. The lowest BCUT2D eigenvalue weighted by atomic mass is 9.74. The Balaban J connectivity index is 1.90. The largest absolute Gasteiger partial charge is 0.469 e. The van der Waals surface area contributed by atoms with Crippen LogP contribution in [0.3, 0.4) is 0 Å². The molecule has 1 fully saturated rings. The van der Waals surface area contributed by atoms with Gasteiger partial charge in [0, 0.05) is 12.6 Å². The van der Waals surface area contributed by atoms with Crippen molar-refractivity contribution < 1.29 is 55.0 Å². The summed E-state index contributed by atoms with van der Waals surface area (Å²) < 4.78 is 90.1. The minimum absolute atomic E-state index is 0.00824. The normalized spacial score (nSPS) is 19.3. The summed E-state index contributed by atoms with van der Waals surface area (Å²) in [6, 6.07) is 9.32. The first-order valence-electron chi connectivity index (χ1n) is 14.1. The van der Waals surface area contributed by atoms with E-state index in [1.807, 2.05) is 0 Å². The second-order valence-electron chi connectivity index (χ2n) is 10.9. The predicted molar refractivity (Wildman–Crippen MR) is 148 cm³/mol. The van der Waals surface area contributed by atoms with Crippen molar-refractivity contribution in [1.82, 2.24) is 10.2 Å². The quantitative estimate of drug-likeness (QED) is 0.201. The summed E-state index contributed by atoms with van der Waals surface area (Å²) in [7, 11) is 2.33. The summed E-state index contributed by atoms with van der Waals surface area (Å²) in [4.78, 5) is 51.6. The van der Waals surface area contributed by atoms with Crippen molar-refractivity contribution >= 4 is 23.8 Å². The van der Waals surface area contributed by atoms with Crippen molar-refractivity contribution in [3.05, 3.63) is 70.8 Å². The number of nitrogens with zero attached hydrogens (tertiary/aromatic N) is 1. The lowest BCUT2D eigenvalue weighted by Crippen LogP contribution is -2.53. The second kappa shape index (κ2) is 14.3. The maximum Gasteiger partial charge on any atom is 0.416 e. The fourth-order valence-electron chi connectivity index (χ4n) is 5.50. The van der Waals surface area contributed by atoms with Crippen LogP contribution in [0.25, 0.3) is 0 Å². The number of methoxy groups -OCH3 is 2. The Morgan fingerprint density at radius 2 is 1.42 bits per heavy atom. The molecule has 14 heteroatoms. The van der Waals surface area contributed by atoms with Crippen LogP contribution in [0.2, 0.25) is 0 Å². The summed E-state index contributed by atoms with van der Waals surface area (Å²) in [6.45, 7) is 1.20. The monoisotopic (exact) mass is 644 g/mol. The minimum Gasteiger partial charge on any atom is -0.469 e.